The van der Waals surface area contributed by atoms with Crippen molar-refractivity contribution >= 4 is 27.5 Å². The van der Waals surface area contributed by atoms with E-state index >= 15 is 0 Å². The number of hydrogen-bond acceptors (Lipinski definition) is 4. The van der Waals surface area contributed by atoms with Crippen LogP contribution in [0.15, 0.2) is 36.4 Å². The average molecular weight is 437 g/mol. The first-order chi connectivity index (χ1) is 14.3. The first kappa shape index (κ1) is 20.9. The Morgan fingerprint density at radius 2 is 1.90 bits per heavy atom. The summed E-state index contributed by atoms with van der Waals surface area (Å²) in [6.45, 7) is 2.97. The number of aryl methyl sites for hydroxylation is 1. The summed E-state index contributed by atoms with van der Waals surface area (Å²) in [5.41, 5.74) is 1.99. The maximum Gasteiger partial charge on any atom is 0.401 e. The molecule has 0 atom stereocenters. The monoisotopic (exact) mass is 436 g/mol. The largest absolute Gasteiger partial charge is 0.401 e. The van der Waals surface area contributed by atoms with E-state index < -0.39 is 12.7 Å². The van der Waals surface area contributed by atoms with Gasteiger partial charge in [-0.3, -0.25) is 14.4 Å². The standard InChI is InChI=1S/C21H23F3N4OS/c1-15-17-12-18(30-20(17)28(25-15)13-16-6-3-2-4-7-16)19(29)27-9-5-8-26(10-11-27)14-21(22,23)24/h2-4,6-7,12H,5,8-11,13-14H2,1H3. The highest BCUT2D eigenvalue weighted by Crippen LogP contribution is 2.30. The Bertz CT molecular complexity index is 1030. The van der Waals surface area contributed by atoms with Crippen LogP contribution in [0.2, 0.25) is 0 Å². The zero-order valence-corrected chi connectivity index (χ0v) is 17.5. The van der Waals surface area contributed by atoms with Crippen LogP contribution in [0.25, 0.3) is 10.2 Å². The molecule has 1 amide bonds. The molecule has 9 heteroatoms. The number of fused-ring (bicyclic) bond motifs is 1. The number of rotatable bonds is 4. The summed E-state index contributed by atoms with van der Waals surface area (Å²) >= 11 is 1.40. The van der Waals surface area contributed by atoms with E-state index in [1.807, 2.05) is 48.0 Å². The van der Waals surface area contributed by atoms with Gasteiger partial charge in [-0.2, -0.15) is 18.3 Å². The Labute approximate surface area is 176 Å². The fourth-order valence-corrected chi connectivity index (χ4v) is 4.95. The van der Waals surface area contributed by atoms with E-state index in [9.17, 15) is 18.0 Å². The molecule has 1 fully saturated rings. The van der Waals surface area contributed by atoms with Crippen LogP contribution in [-0.2, 0) is 6.54 Å². The second-order valence-electron chi connectivity index (χ2n) is 7.60. The van der Waals surface area contributed by atoms with Gasteiger partial charge in [-0.1, -0.05) is 30.3 Å². The third-order valence-electron chi connectivity index (χ3n) is 5.27. The highest BCUT2D eigenvalue weighted by Gasteiger charge is 2.32. The third-order valence-corrected chi connectivity index (χ3v) is 6.41. The molecule has 4 rings (SSSR count). The number of carbonyl (C=O) groups is 1. The lowest BCUT2D eigenvalue weighted by atomic mass is 10.2. The zero-order chi connectivity index (χ0) is 21.3. The predicted octanol–water partition coefficient (Wildman–Crippen LogP) is 4.16. The topological polar surface area (TPSA) is 41.4 Å². The van der Waals surface area contributed by atoms with Gasteiger partial charge in [0.25, 0.3) is 5.91 Å². The van der Waals surface area contributed by atoms with Crippen molar-refractivity contribution in [2.45, 2.75) is 26.1 Å². The first-order valence-electron chi connectivity index (χ1n) is 9.89. The molecule has 160 valence electrons. The third kappa shape index (κ3) is 4.67. The second-order valence-corrected chi connectivity index (χ2v) is 8.63. The number of nitrogens with zero attached hydrogens (tertiary/aromatic N) is 4. The Hall–Kier alpha value is -2.39. The van der Waals surface area contributed by atoms with E-state index in [-0.39, 0.29) is 12.5 Å². The molecular weight excluding hydrogens is 413 g/mol. The van der Waals surface area contributed by atoms with E-state index in [2.05, 4.69) is 5.10 Å². The molecule has 3 heterocycles. The number of benzene rings is 1. The van der Waals surface area contributed by atoms with Crippen LogP contribution in [0.5, 0.6) is 0 Å². The summed E-state index contributed by atoms with van der Waals surface area (Å²) in [5, 5.41) is 5.56. The highest BCUT2D eigenvalue weighted by atomic mass is 32.1. The van der Waals surface area contributed by atoms with Gasteiger partial charge in [0.15, 0.2) is 0 Å². The van der Waals surface area contributed by atoms with E-state index in [1.165, 1.54) is 16.2 Å². The molecule has 3 aromatic rings. The normalized spacial score (nSPS) is 16.2. The number of alkyl halides is 3. The SMILES string of the molecule is Cc1nn(Cc2ccccc2)c2sc(C(=O)N3CCCN(CC(F)(F)F)CC3)cc12. The lowest BCUT2D eigenvalue weighted by Crippen LogP contribution is -2.38. The highest BCUT2D eigenvalue weighted by molar-refractivity contribution is 7.20. The van der Waals surface area contributed by atoms with Gasteiger partial charge in [0.1, 0.15) is 4.83 Å². The molecule has 0 spiro atoms. The van der Waals surface area contributed by atoms with Crippen molar-refractivity contribution in [2.75, 3.05) is 32.7 Å². The fourth-order valence-electron chi connectivity index (χ4n) is 3.82. The Balaban J connectivity index is 1.50. The number of halogens is 3. The van der Waals surface area contributed by atoms with Gasteiger partial charge >= 0.3 is 6.18 Å². The van der Waals surface area contributed by atoms with Crippen LogP contribution >= 0.6 is 11.3 Å². The summed E-state index contributed by atoms with van der Waals surface area (Å²) in [6.07, 6.45) is -3.68. The van der Waals surface area contributed by atoms with Crippen LogP contribution in [0, 0.1) is 6.92 Å². The zero-order valence-electron chi connectivity index (χ0n) is 16.7. The van der Waals surface area contributed by atoms with Crippen molar-refractivity contribution in [3.8, 4) is 0 Å². The van der Waals surface area contributed by atoms with Gasteiger partial charge in [0, 0.05) is 31.6 Å². The molecule has 1 aromatic carbocycles. The quantitative estimate of drug-likeness (QED) is 0.617. The number of hydrogen-bond donors (Lipinski definition) is 0. The number of aromatic nitrogens is 2. The number of amides is 1. The molecule has 0 radical (unpaired) electrons. The summed E-state index contributed by atoms with van der Waals surface area (Å²) in [7, 11) is 0. The van der Waals surface area contributed by atoms with Gasteiger partial charge in [0.2, 0.25) is 0 Å². The minimum Gasteiger partial charge on any atom is -0.337 e. The molecule has 0 N–H and O–H groups in total. The summed E-state index contributed by atoms with van der Waals surface area (Å²) in [6, 6.07) is 11.9. The summed E-state index contributed by atoms with van der Waals surface area (Å²) in [5.74, 6) is -0.115. The molecule has 1 aliphatic heterocycles. The van der Waals surface area contributed by atoms with Crippen molar-refractivity contribution in [3.05, 3.63) is 52.5 Å². The van der Waals surface area contributed by atoms with Crippen molar-refractivity contribution in [2.24, 2.45) is 0 Å². The van der Waals surface area contributed by atoms with E-state index in [0.717, 1.165) is 21.5 Å². The lowest BCUT2D eigenvalue weighted by molar-refractivity contribution is -0.145. The smallest absolute Gasteiger partial charge is 0.337 e. The van der Waals surface area contributed by atoms with E-state index in [4.69, 9.17) is 0 Å². The molecule has 2 aromatic heterocycles. The fraction of sp³-hybridized carbons (Fsp3) is 0.429. The van der Waals surface area contributed by atoms with Gasteiger partial charge in [-0.05, 0) is 25.0 Å². The molecular formula is C21H23F3N4OS. The van der Waals surface area contributed by atoms with Crippen LogP contribution in [0.3, 0.4) is 0 Å². The van der Waals surface area contributed by atoms with Gasteiger partial charge < -0.3 is 4.90 Å². The molecule has 30 heavy (non-hydrogen) atoms. The Kier molecular flexibility index (Phi) is 5.84. The lowest BCUT2D eigenvalue weighted by Gasteiger charge is -2.22. The predicted molar refractivity (Wildman–Crippen MR) is 111 cm³/mol. The van der Waals surface area contributed by atoms with Crippen molar-refractivity contribution in [1.82, 2.24) is 19.6 Å². The molecule has 0 aliphatic carbocycles. The van der Waals surface area contributed by atoms with E-state index in [0.29, 0.717) is 37.5 Å². The van der Waals surface area contributed by atoms with Gasteiger partial charge in [-0.25, -0.2) is 0 Å². The van der Waals surface area contributed by atoms with Gasteiger partial charge in [0.05, 0.1) is 23.7 Å². The van der Waals surface area contributed by atoms with E-state index in [1.54, 1.807) is 4.90 Å². The van der Waals surface area contributed by atoms with Crippen LogP contribution in [0.4, 0.5) is 13.2 Å². The van der Waals surface area contributed by atoms with Crippen LogP contribution in [-0.4, -0.2) is 64.4 Å². The molecule has 1 aliphatic rings. The van der Waals surface area contributed by atoms with Crippen LogP contribution < -0.4 is 0 Å². The second kappa shape index (κ2) is 8.39. The number of carbonyl (C=O) groups excluding carboxylic acids is 1. The first-order valence-corrected chi connectivity index (χ1v) is 10.7. The maximum absolute atomic E-state index is 13.1. The van der Waals surface area contributed by atoms with Crippen LogP contribution in [0.1, 0.15) is 27.3 Å². The molecule has 5 nitrogen and oxygen atoms in total. The number of thiophene rings is 1. The Morgan fingerprint density at radius 3 is 2.63 bits per heavy atom. The minimum absolute atomic E-state index is 0.115. The van der Waals surface area contributed by atoms with Crippen molar-refractivity contribution in [1.29, 1.82) is 0 Å². The summed E-state index contributed by atoms with van der Waals surface area (Å²) in [4.78, 5) is 17.7. The molecule has 1 saturated heterocycles. The maximum atomic E-state index is 13.1. The Morgan fingerprint density at radius 1 is 1.13 bits per heavy atom. The van der Waals surface area contributed by atoms with Crippen molar-refractivity contribution < 1.29 is 18.0 Å². The molecule has 0 unspecified atom stereocenters. The molecule has 0 saturated carbocycles. The molecule has 0 bridgehead atoms. The van der Waals surface area contributed by atoms with Gasteiger partial charge in [-0.15, -0.1) is 11.3 Å². The summed E-state index contributed by atoms with van der Waals surface area (Å²) < 4.78 is 39.9. The minimum atomic E-state index is -4.22. The van der Waals surface area contributed by atoms with Crippen molar-refractivity contribution in [3.63, 3.8) is 0 Å². The average Bonchev–Trinajstić information content (AvgIpc) is 3.16.